The lowest BCUT2D eigenvalue weighted by Gasteiger charge is -2.02. The predicted molar refractivity (Wildman–Crippen MR) is 57.6 cm³/mol. The Hall–Kier alpha value is -2.12. The predicted octanol–water partition coefficient (Wildman–Crippen LogP) is 0.618. The van der Waals surface area contributed by atoms with Crippen molar-refractivity contribution in [1.82, 2.24) is 15.5 Å². The number of aromatic nitrogens is 2. The number of carbonyl (C=O) groups is 2. The lowest BCUT2D eigenvalue weighted by atomic mass is 10.3. The molecule has 17 heavy (non-hydrogen) atoms. The summed E-state index contributed by atoms with van der Waals surface area (Å²) in [4.78, 5) is 25.3. The van der Waals surface area contributed by atoms with Crippen molar-refractivity contribution in [3.63, 3.8) is 0 Å². The lowest BCUT2D eigenvalue weighted by molar-refractivity contribution is -0.137. The van der Waals surface area contributed by atoms with Gasteiger partial charge in [0, 0.05) is 19.4 Å². The first kappa shape index (κ1) is 12.9. The van der Waals surface area contributed by atoms with E-state index in [0.29, 0.717) is 18.7 Å². The highest BCUT2D eigenvalue weighted by Crippen LogP contribution is 2.02. The molecule has 0 aliphatic heterocycles. The largest absolute Gasteiger partial charge is 0.481 e. The van der Waals surface area contributed by atoms with Gasteiger partial charge in [-0.3, -0.25) is 10.1 Å². The second kappa shape index (κ2) is 6.46. The average molecular weight is 242 g/mol. The molecule has 0 aliphatic rings. The van der Waals surface area contributed by atoms with Gasteiger partial charge in [0.05, 0.1) is 0 Å². The molecule has 0 saturated carbocycles. The molecule has 0 spiro atoms. The number of hydrogen-bond acceptors (Lipinski definition) is 5. The Morgan fingerprint density at radius 3 is 2.82 bits per heavy atom. The van der Waals surface area contributed by atoms with Crippen LogP contribution in [0.25, 0.3) is 0 Å². The summed E-state index contributed by atoms with van der Waals surface area (Å²) >= 11 is 0. The van der Waals surface area contributed by atoms with Crippen LogP contribution in [0.4, 0.5) is 10.8 Å². The highest BCUT2D eigenvalue weighted by Gasteiger charge is 2.08. The van der Waals surface area contributed by atoms with Crippen LogP contribution in [0.15, 0.2) is 4.52 Å². The lowest BCUT2D eigenvalue weighted by Crippen LogP contribution is -2.29. The third kappa shape index (κ3) is 4.96. The molecule has 1 rings (SSSR count). The van der Waals surface area contributed by atoms with E-state index in [1.807, 2.05) is 6.92 Å². The molecule has 94 valence electrons. The third-order valence-corrected chi connectivity index (χ3v) is 1.86. The minimum absolute atomic E-state index is 0.0147. The van der Waals surface area contributed by atoms with Gasteiger partial charge in [-0.25, -0.2) is 4.79 Å². The van der Waals surface area contributed by atoms with E-state index < -0.39 is 12.0 Å². The Kier molecular flexibility index (Phi) is 4.92. The van der Waals surface area contributed by atoms with E-state index in [9.17, 15) is 9.59 Å². The molecule has 0 saturated heterocycles. The number of nitrogens with one attached hydrogen (secondary N) is 2. The third-order valence-electron chi connectivity index (χ3n) is 1.86. The van der Waals surface area contributed by atoms with Gasteiger partial charge in [-0.15, -0.1) is 0 Å². The first-order chi connectivity index (χ1) is 8.11. The molecule has 8 nitrogen and oxygen atoms in total. The number of hydrogen-bond donors (Lipinski definition) is 3. The van der Waals surface area contributed by atoms with Crippen molar-refractivity contribution in [2.75, 3.05) is 11.9 Å². The van der Waals surface area contributed by atoms with Crippen molar-refractivity contribution in [2.45, 2.75) is 26.2 Å². The van der Waals surface area contributed by atoms with E-state index in [-0.39, 0.29) is 19.0 Å². The molecule has 1 aromatic rings. The van der Waals surface area contributed by atoms with Crippen LogP contribution < -0.4 is 10.6 Å². The van der Waals surface area contributed by atoms with Gasteiger partial charge in [0.25, 0.3) is 0 Å². The van der Waals surface area contributed by atoms with E-state index in [2.05, 4.69) is 20.8 Å². The maximum Gasteiger partial charge on any atom is 0.329 e. The number of aryl methyl sites for hydroxylation is 1. The SMILES string of the molecule is CCc1noc(NC(=O)NCCCC(=O)O)n1. The number of carbonyl (C=O) groups excluding carboxylic acids is 1. The first-order valence-corrected chi connectivity index (χ1v) is 5.21. The van der Waals surface area contributed by atoms with Crippen molar-refractivity contribution in [1.29, 1.82) is 0 Å². The van der Waals surface area contributed by atoms with Gasteiger partial charge in [-0.1, -0.05) is 12.1 Å². The first-order valence-electron chi connectivity index (χ1n) is 5.21. The monoisotopic (exact) mass is 242 g/mol. The zero-order valence-corrected chi connectivity index (χ0v) is 9.39. The molecule has 0 bridgehead atoms. The van der Waals surface area contributed by atoms with Gasteiger partial charge < -0.3 is 14.9 Å². The van der Waals surface area contributed by atoms with Crippen molar-refractivity contribution in [3.05, 3.63) is 5.82 Å². The van der Waals surface area contributed by atoms with Gasteiger partial charge in [0.2, 0.25) is 0 Å². The van der Waals surface area contributed by atoms with Crippen LogP contribution in [0, 0.1) is 0 Å². The van der Waals surface area contributed by atoms with Crippen LogP contribution in [0.2, 0.25) is 0 Å². The number of urea groups is 1. The molecule has 2 amide bonds. The highest BCUT2D eigenvalue weighted by molar-refractivity contribution is 5.86. The fourth-order valence-corrected chi connectivity index (χ4v) is 1.03. The summed E-state index contributed by atoms with van der Waals surface area (Å²) in [6, 6.07) is -0.473. The maximum atomic E-state index is 11.3. The van der Waals surface area contributed by atoms with Crippen LogP contribution in [0.3, 0.4) is 0 Å². The van der Waals surface area contributed by atoms with Gasteiger partial charge >= 0.3 is 18.0 Å². The zero-order chi connectivity index (χ0) is 12.7. The molecule has 3 N–H and O–H groups in total. The molecule has 0 radical (unpaired) electrons. The highest BCUT2D eigenvalue weighted by atomic mass is 16.5. The Morgan fingerprint density at radius 2 is 2.24 bits per heavy atom. The second-order valence-corrected chi connectivity index (χ2v) is 3.25. The summed E-state index contributed by atoms with van der Waals surface area (Å²) in [7, 11) is 0. The maximum absolute atomic E-state index is 11.3. The molecule has 1 heterocycles. The Morgan fingerprint density at radius 1 is 1.47 bits per heavy atom. The topological polar surface area (TPSA) is 117 Å². The van der Waals surface area contributed by atoms with Crippen LogP contribution in [0.1, 0.15) is 25.6 Å². The number of anilines is 1. The van der Waals surface area contributed by atoms with Crippen LogP contribution in [-0.4, -0.2) is 33.8 Å². The molecule has 8 heteroatoms. The van der Waals surface area contributed by atoms with E-state index in [4.69, 9.17) is 9.63 Å². The summed E-state index contributed by atoms with van der Waals surface area (Å²) in [6.45, 7) is 2.13. The molecule has 0 fully saturated rings. The number of aliphatic carboxylic acids is 1. The fourth-order valence-electron chi connectivity index (χ4n) is 1.03. The second-order valence-electron chi connectivity index (χ2n) is 3.25. The zero-order valence-electron chi connectivity index (χ0n) is 9.39. The minimum atomic E-state index is -0.892. The van der Waals surface area contributed by atoms with Crippen molar-refractivity contribution >= 4 is 18.0 Å². The number of carboxylic acids is 1. The number of amides is 2. The van der Waals surface area contributed by atoms with E-state index in [1.165, 1.54) is 0 Å². The molecule has 0 atom stereocenters. The summed E-state index contributed by atoms with van der Waals surface area (Å²) in [5.41, 5.74) is 0. The van der Waals surface area contributed by atoms with Crippen molar-refractivity contribution in [3.8, 4) is 0 Å². The number of rotatable bonds is 6. The summed E-state index contributed by atoms with van der Waals surface area (Å²) in [5, 5.41) is 16.8. The van der Waals surface area contributed by atoms with Gasteiger partial charge in [0.1, 0.15) is 0 Å². The van der Waals surface area contributed by atoms with Crippen molar-refractivity contribution < 1.29 is 19.2 Å². The van der Waals surface area contributed by atoms with E-state index >= 15 is 0 Å². The van der Waals surface area contributed by atoms with Crippen LogP contribution >= 0.6 is 0 Å². The summed E-state index contributed by atoms with van der Waals surface area (Å²) in [5.74, 6) is -0.386. The molecule has 0 unspecified atom stereocenters. The minimum Gasteiger partial charge on any atom is -0.481 e. The van der Waals surface area contributed by atoms with Crippen LogP contribution in [0.5, 0.6) is 0 Å². The Bertz CT molecular complexity index is 390. The summed E-state index contributed by atoms with van der Waals surface area (Å²) < 4.78 is 4.74. The molecule has 1 aromatic heterocycles. The standard InChI is InChI=1S/C9H14N4O4/c1-2-6-11-9(17-13-6)12-8(16)10-5-3-4-7(14)15/h2-5H2,1H3,(H,14,15)(H2,10,11,12,13,16). The average Bonchev–Trinajstić information content (AvgIpc) is 2.72. The molecular formula is C9H14N4O4. The van der Waals surface area contributed by atoms with Gasteiger partial charge in [-0.05, 0) is 6.42 Å². The molecule has 0 aromatic carbocycles. The molecule has 0 aliphatic carbocycles. The Labute approximate surface area is 97.4 Å². The van der Waals surface area contributed by atoms with Crippen molar-refractivity contribution in [2.24, 2.45) is 0 Å². The summed E-state index contributed by atoms with van der Waals surface area (Å²) in [6.07, 6.45) is 0.999. The Balaban J connectivity index is 2.22. The van der Waals surface area contributed by atoms with Gasteiger partial charge in [-0.2, -0.15) is 4.98 Å². The number of carboxylic acid groups (broad SMARTS) is 1. The smallest absolute Gasteiger partial charge is 0.329 e. The van der Waals surface area contributed by atoms with E-state index in [1.54, 1.807) is 0 Å². The molecular weight excluding hydrogens is 228 g/mol. The quantitative estimate of drug-likeness (QED) is 0.629. The van der Waals surface area contributed by atoms with Gasteiger partial charge in [0.15, 0.2) is 5.82 Å². The van der Waals surface area contributed by atoms with E-state index in [0.717, 1.165) is 0 Å². The normalized spacial score (nSPS) is 9.94. The van der Waals surface area contributed by atoms with Crippen LogP contribution in [-0.2, 0) is 11.2 Å². The fraction of sp³-hybridized carbons (Fsp3) is 0.556. The number of nitrogens with zero attached hydrogens (tertiary/aromatic N) is 2.